The van der Waals surface area contributed by atoms with Gasteiger partial charge in [0.15, 0.2) is 0 Å². The minimum absolute atomic E-state index is 0. The zero-order valence-corrected chi connectivity index (χ0v) is 15.6. The van der Waals surface area contributed by atoms with Crippen LogP contribution in [0.2, 0.25) is 5.02 Å². The van der Waals surface area contributed by atoms with Crippen molar-refractivity contribution in [1.29, 1.82) is 0 Å². The van der Waals surface area contributed by atoms with Crippen LogP contribution in [0.4, 0.5) is 5.69 Å². The minimum atomic E-state index is 0. The number of piperazine rings is 1. The number of nitrogens with one attached hydrogen (secondary N) is 1. The molecule has 2 fully saturated rings. The number of benzene rings is 1. The molecule has 3 rings (SSSR count). The Bertz CT molecular complexity index is 460. The van der Waals surface area contributed by atoms with Gasteiger partial charge in [0.2, 0.25) is 0 Å². The molecule has 0 amide bonds. The lowest BCUT2D eigenvalue weighted by atomic mass is 9.85. The van der Waals surface area contributed by atoms with E-state index in [2.05, 4.69) is 16.3 Å². The van der Waals surface area contributed by atoms with Crippen molar-refractivity contribution in [3.63, 3.8) is 0 Å². The Kier molecular flexibility index (Phi) is 8.98. The second kappa shape index (κ2) is 9.92. The standard InChI is InChI=1S/C16H24ClN3O.2ClH/c17-13-1-2-15(18)14(11-13)16(12-3-9-21-10-4-12)20-7-5-19-6-8-20;;/h1-2,11-12,16,19H,3-10,18H2;2*1H/t16-;;/m0../s1. The normalized spacial score (nSPS) is 21.1. The van der Waals surface area contributed by atoms with Crippen molar-refractivity contribution in [1.82, 2.24) is 10.2 Å². The summed E-state index contributed by atoms with van der Waals surface area (Å²) >= 11 is 6.23. The predicted molar refractivity (Wildman–Crippen MR) is 101 cm³/mol. The Morgan fingerprint density at radius 1 is 1.17 bits per heavy atom. The molecule has 0 spiro atoms. The monoisotopic (exact) mass is 381 g/mol. The SMILES string of the molecule is Cl.Cl.Nc1ccc(Cl)cc1[C@H](C1CCOCC1)N1CCNCC1. The number of ether oxygens (including phenoxy) is 1. The van der Waals surface area contributed by atoms with E-state index in [1.165, 1.54) is 5.56 Å². The van der Waals surface area contributed by atoms with Gasteiger partial charge in [-0.1, -0.05) is 11.6 Å². The lowest BCUT2D eigenvalue weighted by Gasteiger charge is -2.41. The molecule has 1 aromatic carbocycles. The number of hydrogen-bond acceptors (Lipinski definition) is 4. The molecular formula is C16H26Cl3N3O. The van der Waals surface area contributed by atoms with Crippen molar-refractivity contribution in [3.05, 3.63) is 28.8 Å². The lowest BCUT2D eigenvalue weighted by molar-refractivity contribution is 0.0215. The molecule has 2 aliphatic heterocycles. The maximum Gasteiger partial charge on any atom is 0.0469 e. The van der Waals surface area contributed by atoms with Gasteiger partial charge in [0.25, 0.3) is 0 Å². The number of anilines is 1. The minimum Gasteiger partial charge on any atom is -0.398 e. The average molecular weight is 383 g/mol. The molecule has 0 unspecified atom stereocenters. The highest BCUT2D eigenvalue weighted by atomic mass is 35.5. The van der Waals surface area contributed by atoms with Gasteiger partial charge in [0, 0.05) is 56.1 Å². The molecule has 2 heterocycles. The van der Waals surface area contributed by atoms with Crippen molar-refractivity contribution in [3.8, 4) is 0 Å². The molecule has 2 saturated heterocycles. The molecule has 1 aromatic rings. The van der Waals surface area contributed by atoms with Gasteiger partial charge in [-0.3, -0.25) is 4.90 Å². The summed E-state index contributed by atoms with van der Waals surface area (Å²) in [4.78, 5) is 2.56. The van der Waals surface area contributed by atoms with Gasteiger partial charge in [-0.2, -0.15) is 0 Å². The van der Waals surface area contributed by atoms with Gasteiger partial charge in [0.05, 0.1) is 0 Å². The summed E-state index contributed by atoms with van der Waals surface area (Å²) in [5.74, 6) is 0.595. The predicted octanol–water partition coefficient (Wildman–Crippen LogP) is 3.14. The first-order valence-corrected chi connectivity index (χ1v) is 8.21. The van der Waals surface area contributed by atoms with E-state index in [0.717, 1.165) is 62.9 Å². The quantitative estimate of drug-likeness (QED) is 0.789. The van der Waals surface area contributed by atoms with E-state index in [1.54, 1.807) is 0 Å². The second-order valence-corrected chi connectivity index (χ2v) is 6.39. The average Bonchev–Trinajstić information content (AvgIpc) is 2.53. The van der Waals surface area contributed by atoms with E-state index in [4.69, 9.17) is 22.1 Å². The maximum absolute atomic E-state index is 6.27. The van der Waals surface area contributed by atoms with Crippen molar-refractivity contribution in [2.75, 3.05) is 45.1 Å². The summed E-state index contributed by atoms with van der Waals surface area (Å²) < 4.78 is 5.54. The first-order valence-electron chi connectivity index (χ1n) is 7.83. The molecule has 132 valence electrons. The van der Waals surface area contributed by atoms with Crippen LogP contribution in [-0.2, 0) is 4.74 Å². The van der Waals surface area contributed by atoms with Crippen LogP contribution in [-0.4, -0.2) is 44.3 Å². The van der Waals surface area contributed by atoms with Crippen LogP contribution >= 0.6 is 36.4 Å². The summed E-state index contributed by atoms with van der Waals surface area (Å²) in [5, 5.41) is 4.20. The molecule has 4 nitrogen and oxygen atoms in total. The summed E-state index contributed by atoms with van der Waals surface area (Å²) in [6.07, 6.45) is 2.20. The molecule has 0 aromatic heterocycles. The van der Waals surface area contributed by atoms with Crippen molar-refractivity contribution in [2.45, 2.75) is 18.9 Å². The Morgan fingerprint density at radius 3 is 2.48 bits per heavy atom. The van der Waals surface area contributed by atoms with E-state index in [-0.39, 0.29) is 24.8 Å². The Balaban J connectivity index is 0.00000132. The first-order chi connectivity index (χ1) is 10.3. The highest BCUT2D eigenvalue weighted by Crippen LogP contribution is 2.38. The van der Waals surface area contributed by atoms with Crippen LogP contribution < -0.4 is 11.1 Å². The van der Waals surface area contributed by atoms with Gasteiger partial charge in [-0.25, -0.2) is 0 Å². The van der Waals surface area contributed by atoms with Gasteiger partial charge < -0.3 is 15.8 Å². The number of nitrogen functional groups attached to an aromatic ring is 1. The fourth-order valence-corrected chi connectivity index (χ4v) is 3.72. The van der Waals surface area contributed by atoms with Gasteiger partial charge in [-0.15, -0.1) is 24.8 Å². The van der Waals surface area contributed by atoms with Crippen LogP contribution in [0.1, 0.15) is 24.4 Å². The molecule has 2 aliphatic rings. The third kappa shape index (κ3) is 5.12. The largest absolute Gasteiger partial charge is 0.398 e. The van der Waals surface area contributed by atoms with Crippen LogP contribution in [0.15, 0.2) is 18.2 Å². The number of nitrogens with two attached hydrogens (primary N) is 1. The van der Waals surface area contributed by atoms with E-state index < -0.39 is 0 Å². The lowest BCUT2D eigenvalue weighted by Crippen LogP contribution is -2.47. The van der Waals surface area contributed by atoms with Gasteiger partial charge in [-0.05, 0) is 42.5 Å². The number of halogens is 3. The maximum atomic E-state index is 6.27. The van der Waals surface area contributed by atoms with E-state index in [0.29, 0.717) is 12.0 Å². The summed E-state index contributed by atoms with van der Waals surface area (Å²) in [5.41, 5.74) is 8.32. The highest BCUT2D eigenvalue weighted by molar-refractivity contribution is 6.30. The van der Waals surface area contributed by atoms with Gasteiger partial charge >= 0.3 is 0 Å². The third-order valence-corrected chi connectivity index (χ3v) is 4.86. The molecule has 23 heavy (non-hydrogen) atoms. The van der Waals surface area contributed by atoms with E-state index >= 15 is 0 Å². The van der Waals surface area contributed by atoms with Crippen LogP contribution in [0, 0.1) is 5.92 Å². The number of rotatable bonds is 3. The first kappa shape index (κ1) is 20.8. The second-order valence-electron chi connectivity index (χ2n) is 5.95. The summed E-state index contributed by atoms with van der Waals surface area (Å²) in [6, 6.07) is 6.22. The molecule has 0 saturated carbocycles. The third-order valence-electron chi connectivity index (χ3n) is 4.62. The molecule has 3 N–H and O–H groups in total. The van der Waals surface area contributed by atoms with Crippen molar-refractivity contribution < 1.29 is 4.74 Å². The van der Waals surface area contributed by atoms with Crippen molar-refractivity contribution >= 4 is 42.1 Å². The molecule has 0 aliphatic carbocycles. The highest BCUT2D eigenvalue weighted by Gasteiger charge is 2.32. The molecular weight excluding hydrogens is 357 g/mol. The summed E-state index contributed by atoms with van der Waals surface area (Å²) in [7, 11) is 0. The van der Waals surface area contributed by atoms with E-state index in [1.807, 2.05) is 12.1 Å². The zero-order chi connectivity index (χ0) is 14.7. The van der Waals surface area contributed by atoms with E-state index in [9.17, 15) is 0 Å². The number of hydrogen-bond donors (Lipinski definition) is 2. The summed E-state index contributed by atoms with van der Waals surface area (Å²) in [6.45, 7) is 5.92. The van der Waals surface area contributed by atoms with Crippen LogP contribution in [0.5, 0.6) is 0 Å². The Labute approximate surface area is 155 Å². The van der Waals surface area contributed by atoms with Crippen LogP contribution in [0.3, 0.4) is 0 Å². The molecule has 7 heteroatoms. The van der Waals surface area contributed by atoms with Crippen molar-refractivity contribution in [2.24, 2.45) is 5.92 Å². The Morgan fingerprint density at radius 2 is 1.83 bits per heavy atom. The van der Waals surface area contributed by atoms with Crippen LogP contribution in [0.25, 0.3) is 0 Å². The molecule has 0 bridgehead atoms. The fourth-order valence-electron chi connectivity index (χ4n) is 3.54. The fraction of sp³-hybridized carbons (Fsp3) is 0.625. The zero-order valence-electron chi connectivity index (χ0n) is 13.2. The molecule has 0 radical (unpaired) electrons. The number of nitrogens with zero attached hydrogens (tertiary/aromatic N) is 1. The smallest absolute Gasteiger partial charge is 0.0469 e. The van der Waals surface area contributed by atoms with Gasteiger partial charge in [0.1, 0.15) is 0 Å². The molecule has 1 atom stereocenters. The topological polar surface area (TPSA) is 50.5 Å². The Hall–Kier alpha value is -0.230.